The molecule has 1 heterocycles. The molecule has 0 saturated heterocycles. The summed E-state index contributed by atoms with van der Waals surface area (Å²) in [5.41, 5.74) is 1.36. The van der Waals surface area contributed by atoms with Gasteiger partial charge in [0.1, 0.15) is 13.2 Å². The van der Waals surface area contributed by atoms with Crippen molar-refractivity contribution in [3.63, 3.8) is 0 Å². The summed E-state index contributed by atoms with van der Waals surface area (Å²) >= 11 is 11.8. The van der Waals surface area contributed by atoms with E-state index in [2.05, 4.69) is 4.72 Å². The lowest BCUT2D eigenvalue weighted by molar-refractivity contribution is 0.171. The highest BCUT2D eigenvalue weighted by Crippen LogP contribution is 2.32. The Morgan fingerprint density at radius 3 is 2.48 bits per heavy atom. The fraction of sp³-hybridized carbons (Fsp3) is 0.294. The molecule has 1 atom stereocenters. The predicted octanol–water partition coefficient (Wildman–Crippen LogP) is 3.95. The predicted molar refractivity (Wildman–Crippen MR) is 98.1 cm³/mol. The van der Waals surface area contributed by atoms with Gasteiger partial charge < -0.3 is 9.47 Å². The number of rotatable bonds is 5. The van der Waals surface area contributed by atoms with E-state index in [4.69, 9.17) is 32.7 Å². The van der Waals surface area contributed by atoms with E-state index in [9.17, 15) is 8.42 Å². The summed E-state index contributed by atoms with van der Waals surface area (Å²) < 4.78 is 38.5. The zero-order chi connectivity index (χ0) is 18.0. The van der Waals surface area contributed by atoms with Crippen molar-refractivity contribution in [2.75, 3.05) is 13.2 Å². The molecule has 0 aromatic heterocycles. The molecule has 0 bridgehead atoms. The highest BCUT2D eigenvalue weighted by Gasteiger charge is 2.19. The van der Waals surface area contributed by atoms with Crippen LogP contribution in [0.15, 0.2) is 36.4 Å². The Kier molecular flexibility index (Phi) is 5.43. The fourth-order valence-corrected chi connectivity index (χ4v) is 4.25. The SMILES string of the molecule is CC(NS(=O)(=O)Cc1ccc(Cl)c(Cl)c1)c1ccc2c(c1)OCCO2. The van der Waals surface area contributed by atoms with Crippen LogP contribution in [0.5, 0.6) is 11.5 Å². The monoisotopic (exact) mass is 401 g/mol. The first-order valence-corrected chi connectivity index (χ1v) is 10.1. The lowest BCUT2D eigenvalue weighted by atomic mass is 10.1. The van der Waals surface area contributed by atoms with Crippen molar-refractivity contribution in [2.45, 2.75) is 18.7 Å². The van der Waals surface area contributed by atoms with Crippen LogP contribution in [0.4, 0.5) is 0 Å². The molecule has 134 valence electrons. The molecule has 2 aromatic rings. The fourth-order valence-electron chi connectivity index (χ4n) is 2.56. The molecule has 0 radical (unpaired) electrons. The average molecular weight is 402 g/mol. The van der Waals surface area contributed by atoms with Crippen LogP contribution in [-0.2, 0) is 15.8 Å². The van der Waals surface area contributed by atoms with Crippen LogP contribution < -0.4 is 14.2 Å². The number of sulfonamides is 1. The minimum absolute atomic E-state index is 0.182. The summed E-state index contributed by atoms with van der Waals surface area (Å²) in [6.07, 6.45) is 0. The van der Waals surface area contributed by atoms with Crippen molar-refractivity contribution >= 4 is 33.2 Å². The molecule has 0 aliphatic carbocycles. The number of nitrogens with one attached hydrogen (secondary N) is 1. The third-order valence-electron chi connectivity index (χ3n) is 3.76. The Morgan fingerprint density at radius 1 is 1.04 bits per heavy atom. The lowest BCUT2D eigenvalue weighted by Gasteiger charge is -2.21. The largest absolute Gasteiger partial charge is 0.486 e. The van der Waals surface area contributed by atoms with Crippen molar-refractivity contribution in [1.82, 2.24) is 4.72 Å². The van der Waals surface area contributed by atoms with Gasteiger partial charge in [0.2, 0.25) is 10.0 Å². The minimum Gasteiger partial charge on any atom is -0.486 e. The molecule has 0 amide bonds. The Morgan fingerprint density at radius 2 is 1.76 bits per heavy atom. The molecule has 5 nitrogen and oxygen atoms in total. The van der Waals surface area contributed by atoms with Crippen molar-refractivity contribution in [2.24, 2.45) is 0 Å². The zero-order valence-electron chi connectivity index (χ0n) is 13.5. The molecule has 0 spiro atoms. The van der Waals surface area contributed by atoms with Gasteiger partial charge in [0.25, 0.3) is 0 Å². The van der Waals surface area contributed by atoms with E-state index in [0.717, 1.165) is 5.56 Å². The Labute approximate surface area is 156 Å². The second-order valence-electron chi connectivity index (χ2n) is 5.75. The Bertz CT molecular complexity index is 886. The number of fused-ring (bicyclic) bond motifs is 1. The quantitative estimate of drug-likeness (QED) is 0.823. The standard InChI is InChI=1S/C17H17Cl2NO4S/c1-11(13-3-5-16-17(9-13)24-7-6-23-16)20-25(21,22)10-12-2-4-14(18)15(19)8-12/h2-5,8-9,11,20H,6-7,10H2,1H3. The lowest BCUT2D eigenvalue weighted by Crippen LogP contribution is -2.28. The van der Waals surface area contributed by atoms with Crippen LogP contribution in [-0.4, -0.2) is 21.6 Å². The van der Waals surface area contributed by atoms with Crippen molar-refractivity contribution in [3.8, 4) is 11.5 Å². The normalized spacial score (nSPS) is 15.0. The van der Waals surface area contributed by atoms with E-state index >= 15 is 0 Å². The van der Waals surface area contributed by atoms with Crippen LogP contribution in [0.1, 0.15) is 24.1 Å². The van der Waals surface area contributed by atoms with Gasteiger partial charge in [0.15, 0.2) is 11.5 Å². The summed E-state index contributed by atoms with van der Waals surface area (Å²) in [7, 11) is -3.56. The van der Waals surface area contributed by atoms with Crippen LogP contribution >= 0.6 is 23.2 Å². The molecule has 0 fully saturated rings. The smallest absolute Gasteiger partial charge is 0.216 e. The maximum Gasteiger partial charge on any atom is 0.216 e. The van der Waals surface area contributed by atoms with Gasteiger partial charge in [-0.3, -0.25) is 0 Å². The summed E-state index contributed by atoms with van der Waals surface area (Å²) in [6, 6.07) is 9.76. The summed E-state index contributed by atoms with van der Waals surface area (Å²) in [4.78, 5) is 0. The Hall–Kier alpha value is -1.47. The number of halogens is 2. The summed E-state index contributed by atoms with van der Waals surface area (Å²) in [5, 5.41) is 0.717. The van der Waals surface area contributed by atoms with Crippen molar-refractivity contribution < 1.29 is 17.9 Å². The van der Waals surface area contributed by atoms with Gasteiger partial charge in [-0.2, -0.15) is 0 Å². The molecule has 2 aromatic carbocycles. The highest BCUT2D eigenvalue weighted by atomic mass is 35.5. The van der Waals surface area contributed by atoms with E-state index in [1.54, 1.807) is 37.3 Å². The number of benzene rings is 2. The summed E-state index contributed by atoms with van der Waals surface area (Å²) in [5.74, 6) is 1.11. The van der Waals surface area contributed by atoms with Gasteiger partial charge in [0, 0.05) is 6.04 Å². The van der Waals surface area contributed by atoms with Crippen LogP contribution in [0.2, 0.25) is 10.0 Å². The molecular weight excluding hydrogens is 385 g/mol. The van der Waals surface area contributed by atoms with Crippen LogP contribution in [0.25, 0.3) is 0 Å². The summed E-state index contributed by atoms with van der Waals surface area (Å²) in [6.45, 7) is 2.77. The minimum atomic E-state index is -3.56. The maximum absolute atomic E-state index is 12.4. The van der Waals surface area contributed by atoms with E-state index < -0.39 is 16.1 Å². The third-order valence-corrected chi connectivity index (χ3v) is 5.93. The zero-order valence-corrected chi connectivity index (χ0v) is 15.8. The average Bonchev–Trinajstić information content (AvgIpc) is 2.57. The molecule has 1 aliphatic rings. The molecule has 3 rings (SSSR count). The van der Waals surface area contributed by atoms with Crippen molar-refractivity contribution in [1.29, 1.82) is 0 Å². The number of ether oxygens (including phenoxy) is 2. The van der Waals surface area contributed by atoms with Gasteiger partial charge in [0.05, 0.1) is 15.8 Å². The van der Waals surface area contributed by atoms with Gasteiger partial charge in [-0.05, 0) is 42.3 Å². The first-order chi connectivity index (χ1) is 11.8. The first-order valence-electron chi connectivity index (χ1n) is 7.67. The van der Waals surface area contributed by atoms with Crippen molar-refractivity contribution in [3.05, 3.63) is 57.6 Å². The van der Waals surface area contributed by atoms with E-state index in [1.165, 1.54) is 0 Å². The van der Waals surface area contributed by atoms with Gasteiger partial charge in [-0.15, -0.1) is 0 Å². The van der Waals surface area contributed by atoms with Gasteiger partial charge in [-0.1, -0.05) is 35.3 Å². The molecular formula is C17H17Cl2NO4S. The first kappa shape index (κ1) is 18.3. The van der Waals surface area contributed by atoms with E-state index in [-0.39, 0.29) is 5.75 Å². The maximum atomic E-state index is 12.4. The Balaban J connectivity index is 1.72. The molecule has 1 N–H and O–H groups in total. The number of hydrogen-bond donors (Lipinski definition) is 1. The van der Waals surface area contributed by atoms with Gasteiger partial charge in [-0.25, -0.2) is 13.1 Å². The molecule has 1 unspecified atom stereocenters. The molecule has 0 saturated carbocycles. The number of hydrogen-bond acceptors (Lipinski definition) is 4. The third kappa shape index (κ3) is 4.58. The highest BCUT2D eigenvalue weighted by molar-refractivity contribution is 7.88. The second-order valence-corrected chi connectivity index (χ2v) is 8.32. The second kappa shape index (κ2) is 7.41. The molecule has 8 heteroatoms. The van der Waals surface area contributed by atoms with Gasteiger partial charge >= 0.3 is 0 Å². The van der Waals surface area contributed by atoms with Crippen LogP contribution in [0, 0.1) is 0 Å². The molecule has 25 heavy (non-hydrogen) atoms. The van der Waals surface area contributed by atoms with Crippen LogP contribution in [0.3, 0.4) is 0 Å². The van der Waals surface area contributed by atoms with E-state index in [0.29, 0.717) is 40.3 Å². The van der Waals surface area contributed by atoms with E-state index in [1.807, 2.05) is 6.07 Å². The molecule has 1 aliphatic heterocycles. The topological polar surface area (TPSA) is 64.6 Å².